The predicted molar refractivity (Wildman–Crippen MR) is 150 cm³/mol. The van der Waals surface area contributed by atoms with Crippen molar-refractivity contribution in [3.63, 3.8) is 0 Å². The van der Waals surface area contributed by atoms with Crippen molar-refractivity contribution in [3.05, 3.63) is 82.4 Å². The van der Waals surface area contributed by atoms with E-state index in [1.165, 1.54) is 22.3 Å². The van der Waals surface area contributed by atoms with Crippen LogP contribution in [0.1, 0.15) is 41.2 Å². The molecule has 1 fully saturated rings. The van der Waals surface area contributed by atoms with Crippen molar-refractivity contribution >= 4 is 28.6 Å². The molecule has 6 nitrogen and oxygen atoms in total. The summed E-state index contributed by atoms with van der Waals surface area (Å²) in [6.07, 6.45) is 0.769. The van der Waals surface area contributed by atoms with Crippen LogP contribution in [0, 0.1) is 20.8 Å². The molecule has 1 unspecified atom stereocenters. The molecule has 0 aliphatic carbocycles. The summed E-state index contributed by atoms with van der Waals surface area (Å²) in [5.41, 5.74) is 9.08. The van der Waals surface area contributed by atoms with Crippen LogP contribution in [-0.4, -0.2) is 34.2 Å². The molecule has 0 spiro atoms. The summed E-state index contributed by atoms with van der Waals surface area (Å²) in [6, 6.07) is 18.7. The lowest BCUT2D eigenvalue weighted by Gasteiger charge is -2.17. The van der Waals surface area contributed by atoms with E-state index in [-0.39, 0.29) is 22.5 Å². The maximum Gasteiger partial charge on any atom is 0.286 e. The van der Waals surface area contributed by atoms with E-state index >= 15 is 0 Å². The Labute approximate surface area is 222 Å². The molecule has 3 aromatic carbocycles. The minimum absolute atomic E-state index is 0.212. The molecule has 3 aromatic rings. The Hall–Kier alpha value is -3.29. The van der Waals surface area contributed by atoms with E-state index in [0.717, 1.165) is 39.9 Å². The van der Waals surface area contributed by atoms with Crippen LogP contribution < -0.4 is 15.4 Å². The maximum atomic E-state index is 11.8. The maximum absolute atomic E-state index is 11.8. The predicted octanol–water partition coefficient (Wildman–Crippen LogP) is 5.93. The number of rotatable bonds is 10. The van der Waals surface area contributed by atoms with Crippen molar-refractivity contribution in [1.82, 2.24) is 5.32 Å². The number of hydrogen-bond acceptors (Lipinski definition) is 6. The van der Waals surface area contributed by atoms with Gasteiger partial charge in [0, 0.05) is 18.7 Å². The van der Waals surface area contributed by atoms with Crippen LogP contribution in [0.4, 0.5) is 10.5 Å². The molecule has 4 rings (SSSR count). The molecule has 0 radical (unpaired) electrons. The molecule has 2 amide bonds. The van der Waals surface area contributed by atoms with Gasteiger partial charge in [-0.1, -0.05) is 42.1 Å². The number of carbonyl (C=O) groups excluding carboxylic acids is 2. The smallest absolute Gasteiger partial charge is 0.286 e. The standard InChI is InChI=1S/C30H34N2O4S/c1-18-15-27(36-13-12-20(3)33)19(2)14-26(18)25-7-5-6-23(21(25)4)17-31-24-10-8-22(9-11-24)16-28-29(34)32-30(35)37-28/h5-11,14-15,20,28,31,33H,12-13,16-17H2,1-4H3,(H,32,34,35)/t20-,28?/m0/s1. The highest BCUT2D eigenvalue weighted by Crippen LogP contribution is 2.33. The Morgan fingerprint density at radius 3 is 2.46 bits per heavy atom. The number of aliphatic hydroxyl groups excluding tert-OH is 1. The van der Waals surface area contributed by atoms with Gasteiger partial charge in [-0.25, -0.2) is 0 Å². The minimum atomic E-state index is -0.371. The molecule has 0 saturated carbocycles. The third-order valence-corrected chi connectivity index (χ3v) is 7.66. The molecule has 1 heterocycles. The molecule has 7 heteroatoms. The summed E-state index contributed by atoms with van der Waals surface area (Å²) in [6.45, 7) is 9.27. The number of ether oxygens (including phenoxy) is 1. The van der Waals surface area contributed by atoms with Crippen molar-refractivity contribution in [2.75, 3.05) is 11.9 Å². The van der Waals surface area contributed by atoms with Crippen LogP contribution in [-0.2, 0) is 17.8 Å². The fraction of sp³-hybridized carbons (Fsp3) is 0.333. The molecule has 0 bridgehead atoms. The summed E-state index contributed by atoms with van der Waals surface area (Å²) in [4.78, 5) is 23.2. The van der Waals surface area contributed by atoms with Gasteiger partial charge in [0.2, 0.25) is 5.91 Å². The van der Waals surface area contributed by atoms with Crippen LogP contribution >= 0.6 is 11.8 Å². The molecule has 37 heavy (non-hydrogen) atoms. The average Bonchev–Trinajstić information content (AvgIpc) is 3.17. The SMILES string of the molecule is Cc1cc(-c2cccc(CNc3ccc(CC4SC(=O)NC4=O)cc3)c2C)c(C)cc1OCC[C@H](C)O. The van der Waals surface area contributed by atoms with Gasteiger partial charge in [0.05, 0.1) is 18.0 Å². The third-order valence-electron chi connectivity index (χ3n) is 6.68. The molecule has 1 aliphatic heterocycles. The quantitative estimate of drug-likeness (QED) is 0.308. The topological polar surface area (TPSA) is 87.7 Å². The Kier molecular flexibility index (Phi) is 8.56. The van der Waals surface area contributed by atoms with E-state index in [9.17, 15) is 14.7 Å². The minimum Gasteiger partial charge on any atom is -0.493 e. The van der Waals surface area contributed by atoms with Crippen LogP contribution in [0.25, 0.3) is 11.1 Å². The molecular weight excluding hydrogens is 484 g/mol. The second-order valence-electron chi connectivity index (χ2n) is 9.65. The fourth-order valence-electron chi connectivity index (χ4n) is 4.44. The summed E-state index contributed by atoms with van der Waals surface area (Å²) < 4.78 is 5.91. The number of aliphatic hydroxyl groups is 1. The first-order valence-corrected chi connectivity index (χ1v) is 13.4. The summed E-state index contributed by atoms with van der Waals surface area (Å²) in [7, 11) is 0. The fourth-order valence-corrected chi connectivity index (χ4v) is 5.30. The van der Waals surface area contributed by atoms with Crippen molar-refractivity contribution in [2.45, 2.75) is 58.4 Å². The van der Waals surface area contributed by atoms with Crippen LogP contribution in [0.3, 0.4) is 0 Å². The molecule has 0 aromatic heterocycles. The number of anilines is 1. The highest BCUT2D eigenvalue weighted by atomic mass is 32.2. The van der Waals surface area contributed by atoms with Crippen LogP contribution in [0.2, 0.25) is 0 Å². The van der Waals surface area contributed by atoms with E-state index in [0.29, 0.717) is 26.0 Å². The van der Waals surface area contributed by atoms with Gasteiger partial charge in [0.15, 0.2) is 0 Å². The first kappa shape index (κ1) is 26.8. The van der Waals surface area contributed by atoms with Gasteiger partial charge >= 0.3 is 0 Å². The molecule has 3 N–H and O–H groups in total. The van der Waals surface area contributed by atoms with Crippen LogP contribution in [0.5, 0.6) is 5.75 Å². The Bertz CT molecular complexity index is 1290. The van der Waals surface area contributed by atoms with Gasteiger partial charge in [-0.3, -0.25) is 14.9 Å². The second kappa shape index (κ2) is 11.8. The molecule has 1 aliphatic rings. The van der Waals surface area contributed by atoms with Gasteiger partial charge in [0.1, 0.15) is 5.75 Å². The zero-order chi connectivity index (χ0) is 26.5. The number of nitrogens with one attached hydrogen (secondary N) is 2. The highest BCUT2D eigenvalue weighted by molar-refractivity contribution is 8.15. The van der Waals surface area contributed by atoms with E-state index in [1.54, 1.807) is 6.92 Å². The van der Waals surface area contributed by atoms with E-state index in [1.807, 2.05) is 24.3 Å². The monoisotopic (exact) mass is 518 g/mol. The largest absolute Gasteiger partial charge is 0.493 e. The Morgan fingerprint density at radius 2 is 1.78 bits per heavy atom. The van der Waals surface area contributed by atoms with Gasteiger partial charge in [-0.15, -0.1) is 0 Å². The summed E-state index contributed by atoms with van der Waals surface area (Å²) in [5.74, 6) is 0.649. The van der Waals surface area contributed by atoms with Gasteiger partial charge < -0.3 is 15.2 Å². The third kappa shape index (κ3) is 6.73. The zero-order valence-electron chi connectivity index (χ0n) is 21.8. The molecular formula is C30H34N2O4S. The van der Waals surface area contributed by atoms with Crippen molar-refractivity contribution in [3.8, 4) is 16.9 Å². The lowest BCUT2D eigenvalue weighted by Crippen LogP contribution is -2.25. The van der Waals surface area contributed by atoms with Crippen molar-refractivity contribution in [1.29, 1.82) is 0 Å². The van der Waals surface area contributed by atoms with E-state index < -0.39 is 0 Å². The van der Waals surface area contributed by atoms with E-state index in [2.05, 4.69) is 61.7 Å². The van der Waals surface area contributed by atoms with E-state index in [4.69, 9.17) is 4.74 Å². The number of hydrogen-bond donors (Lipinski definition) is 3. The van der Waals surface area contributed by atoms with Gasteiger partial charge in [-0.05, 0) is 97.3 Å². The summed E-state index contributed by atoms with van der Waals surface area (Å²) >= 11 is 1.06. The zero-order valence-corrected chi connectivity index (χ0v) is 22.6. The summed E-state index contributed by atoms with van der Waals surface area (Å²) in [5, 5.41) is 14.7. The number of thioether (sulfide) groups is 1. The van der Waals surface area contributed by atoms with Crippen LogP contribution in [0.15, 0.2) is 54.6 Å². The first-order chi connectivity index (χ1) is 17.7. The average molecular weight is 519 g/mol. The number of amides is 2. The highest BCUT2D eigenvalue weighted by Gasteiger charge is 2.31. The number of benzene rings is 3. The first-order valence-electron chi connectivity index (χ1n) is 12.6. The molecule has 2 atom stereocenters. The lowest BCUT2D eigenvalue weighted by atomic mass is 9.92. The lowest BCUT2D eigenvalue weighted by molar-refractivity contribution is -0.118. The Morgan fingerprint density at radius 1 is 1.03 bits per heavy atom. The van der Waals surface area contributed by atoms with Crippen molar-refractivity contribution in [2.24, 2.45) is 0 Å². The molecule has 194 valence electrons. The molecule has 1 saturated heterocycles. The Balaban J connectivity index is 1.43. The number of aryl methyl sites for hydroxylation is 2. The van der Waals surface area contributed by atoms with Gasteiger partial charge in [0.25, 0.3) is 5.24 Å². The van der Waals surface area contributed by atoms with Crippen molar-refractivity contribution < 1.29 is 19.4 Å². The number of carbonyl (C=O) groups is 2. The second-order valence-corrected chi connectivity index (χ2v) is 10.8. The normalized spacial score (nSPS) is 16.0. The van der Waals surface area contributed by atoms with Gasteiger partial charge in [-0.2, -0.15) is 0 Å². The number of imide groups is 1.